The summed E-state index contributed by atoms with van der Waals surface area (Å²) < 4.78 is 0. The third-order valence-electron chi connectivity index (χ3n) is 5.44. The van der Waals surface area contributed by atoms with Crippen LogP contribution in [0, 0.1) is 0 Å². The van der Waals surface area contributed by atoms with Crippen molar-refractivity contribution in [2.45, 2.75) is 6.54 Å². The quantitative estimate of drug-likeness (QED) is 0.405. The maximum absolute atomic E-state index is 12.9. The fourth-order valence-corrected chi connectivity index (χ4v) is 3.69. The van der Waals surface area contributed by atoms with Crippen molar-refractivity contribution >= 4 is 37.4 Å². The summed E-state index contributed by atoms with van der Waals surface area (Å²) in [7, 11) is 4.34. The number of rotatable bonds is 7. The van der Waals surface area contributed by atoms with E-state index in [0.29, 0.717) is 30.7 Å². The third kappa shape index (κ3) is 5.74. The number of urea groups is 1. The number of fused-ring (bicyclic) bond motifs is 1. The number of likely N-dealkylation sites (N-methyl/N-ethyl adjacent to an activating group) is 1. The van der Waals surface area contributed by atoms with E-state index >= 15 is 0 Å². The molecule has 1 atom stereocenters. The Morgan fingerprint density at radius 3 is 2.47 bits per heavy atom. The summed E-state index contributed by atoms with van der Waals surface area (Å²) >= 11 is 0. The Bertz CT molecular complexity index is 1300. The normalized spacial score (nSPS) is 10.6. The number of pyridine rings is 2. The first-order chi connectivity index (χ1) is 16.5. The molecular formula is C26H26N5O2P. The molecule has 0 bridgehead atoms. The second kappa shape index (κ2) is 10.9. The molecule has 1 unspecified atom stereocenters. The van der Waals surface area contributed by atoms with E-state index < -0.39 is 0 Å². The standard InChI is InChI=1S/C26H26N5O2P/c1-31(26(33)29-17-18-5-8-21(34)9-6-18)16-15-28-25(32)22-4-2-3-20-7-10-23(30-24(20)22)19-11-13-27-14-12-19/h2-14H,15-17,34H2,1H3,(H,28,32)(H,29,33). The predicted octanol–water partition coefficient (Wildman–Crippen LogP) is 3.37. The molecule has 0 aliphatic rings. The van der Waals surface area contributed by atoms with Gasteiger partial charge in [-0.15, -0.1) is 9.24 Å². The minimum atomic E-state index is -0.226. The van der Waals surface area contributed by atoms with Crippen molar-refractivity contribution < 1.29 is 9.59 Å². The van der Waals surface area contributed by atoms with Gasteiger partial charge in [0.1, 0.15) is 0 Å². The zero-order valence-electron chi connectivity index (χ0n) is 18.9. The molecule has 0 saturated heterocycles. The molecule has 0 saturated carbocycles. The Balaban J connectivity index is 1.35. The number of nitrogens with one attached hydrogen (secondary N) is 2. The molecule has 172 valence electrons. The molecule has 0 fully saturated rings. The number of carbonyl (C=O) groups excluding carboxylic acids is 2. The highest BCUT2D eigenvalue weighted by molar-refractivity contribution is 7.27. The van der Waals surface area contributed by atoms with Gasteiger partial charge in [-0.3, -0.25) is 9.78 Å². The minimum Gasteiger partial charge on any atom is -0.350 e. The lowest BCUT2D eigenvalue weighted by atomic mass is 10.1. The van der Waals surface area contributed by atoms with Gasteiger partial charge in [-0.1, -0.05) is 42.5 Å². The molecule has 2 N–H and O–H groups in total. The zero-order valence-corrected chi connectivity index (χ0v) is 20.0. The van der Waals surface area contributed by atoms with E-state index in [9.17, 15) is 9.59 Å². The highest BCUT2D eigenvalue weighted by Crippen LogP contribution is 2.22. The average Bonchev–Trinajstić information content (AvgIpc) is 2.87. The number of nitrogens with zero attached hydrogens (tertiary/aromatic N) is 3. The van der Waals surface area contributed by atoms with E-state index in [-0.39, 0.29) is 11.9 Å². The number of hydrogen-bond donors (Lipinski definition) is 2. The largest absolute Gasteiger partial charge is 0.350 e. The monoisotopic (exact) mass is 471 g/mol. The molecule has 0 radical (unpaired) electrons. The van der Waals surface area contributed by atoms with Gasteiger partial charge in [0.15, 0.2) is 0 Å². The fourth-order valence-electron chi connectivity index (χ4n) is 3.50. The highest BCUT2D eigenvalue weighted by Gasteiger charge is 2.13. The second-order valence-electron chi connectivity index (χ2n) is 7.89. The van der Waals surface area contributed by atoms with Crippen molar-refractivity contribution in [3.8, 4) is 11.3 Å². The van der Waals surface area contributed by atoms with Crippen LogP contribution in [0.4, 0.5) is 4.79 Å². The molecule has 0 aliphatic carbocycles. The van der Waals surface area contributed by atoms with Crippen LogP contribution in [0.15, 0.2) is 79.1 Å². The summed E-state index contributed by atoms with van der Waals surface area (Å²) in [4.78, 5) is 35.6. The second-order valence-corrected chi connectivity index (χ2v) is 8.55. The van der Waals surface area contributed by atoms with Crippen molar-refractivity contribution in [1.29, 1.82) is 0 Å². The van der Waals surface area contributed by atoms with Gasteiger partial charge in [0.25, 0.3) is 5.91 Å². The first kappa shape index (κ1) is 23.3. The van der Waals surface area contributed by atoms with Gasteiger partial charge in [0.2, 0.25) is 0 Å². The van der Waals surface area contributed by atoms with Gasteiger partial charge in [-0.05, 0) is 35.1 Å². The van der Waals surface area contributed by atoms with E-state index in [2.05, 4.69) is 24.9 Å². The maximum Gasteiger partial charge on any atom is 0.317 e. The molecule has 7 nitrogen and oxygen atoms in total. The van der Waals surface area contributed by atoms with Gasteiger partial charge in [-0.25, -0.2) is 9.78 Å². The molecule has 2 heterocycles. The van der Waals surface area contributed by atoms with Crippen LogP contribution in [-0.2, 0) is 6.54 Å². The fraction of sp³-hybridized carbons (Fsp3) is 0.154. The minimum absolute atomic E-state index is 0.196. The summed E-state index contributed by atoms with van der Waals surface area (Å²) in [6.07, 6.45) is 3.43. The molecule has 2 aromatic heterocycles. The van der Waals surface area contributed by atoms with Gasteiger partial charge in [0.05, 0.1) is 16.8 Å². The van der Waals surface area contributed by atoms with Crippen LogP contribution in [-0.4, -0.2) is 46.9 Å². The van der Waals surface area contributed by atoms with Crippen molar-refractivity contribution in [1.82, 2.24) is 25.5 Å². The maximum atomic E-state index is 12.9. The first-order valence-corrected chi connectivity index (χ1v) is 11.5. The summed E-state index contributed by atoms with van der Waals surface area (Å²) in [5.74, 6) is -0.226. The van der Waals surface area contributed by atoms with E-state index in [1.807, 2.05) is 60.7 Å². The topological polar surface area (TPSA) is 87.2 Å². The summed E-state index contributed by atoms with van der Waals surface area (Å²) in [6.45, 7) is 1.15. The van der Waals surface area contributed by atoms with Crippen molar-refractivity contribution in [3.05, 3.63) is 90.3 Å². The number of benzene rings is 2. The lowest BCUT2D eigenvalue weighted by Crippen LogP contribution is -2.41. The van der Waals surface area contributed by atoms with Crippen LogP contribution in [0.25, 0.3) is 22.2 Å². The number of hydrogen-bond acceptors (Lipinski definition) is 4. The number of para-hydroxylation sites is 1. The Kier molecular flexibility index (Phi) is 7.45. The number of carbonyl (C=O) groups is 2. The first-order valence-electron chi connectivity index (χ1n) is 10.9. The van der Waals surface area contributed by atoms with Gasteiger partial charge >= 0.3 is 6.03 Å². The zero-order chi connectivity index (χ0) is 23.9. The van der Waals surface area contributed by atoms with E-state index in [1.165, 1.54) is 0 Å². The van der Waals surface area contributed by atoms with Crippen LogP contribution < -0.4 is 15.9 Å². The van der Waals surface area contributed by atoms with Crippen molar-refractivity contribution in [2.75, 3.05) is 20.1 Å². The summed E-state index contributed by atoms with van der Waals surface area (Å²) in [6, 6.07) is 20.9. The number of amides is 3. The lowest BCUT2D eigenvalue weighted by Gasteiger charge is -2.18. The Hall–Kier alpha value is -3.83. The molecule has 34 heavy (non-hydrogen) atoms. The Morgan fingerprint density at radius 1 is 0.941 bits per heavy atom. The molecule has 2 aromatic carbocycles. The van der Waals surface area contributed by atoms with Crippen LogP contribution in [0.1, 0.15) is 15.9 Å². The van der Waals surface area contributed by atoms with Crippen LogP contribution in [0.2, 0.25) is 0 Å². The van der Waals surface area contributed by atoms with Crippen LogP contribution in [0.3, 0.4) is 0 Å². The van der Waals surface area contributed by atoms with Crippen molar-refractivity contribution in [3.63, 3.8) is 0 Å². The third-order valence-corrected chi connectivity index (χ3v) is 5.83. The molecule has 8 heteroatoms. The molecule has 0 spiro atoms. The summed E-state index contributed by atoms with van der Waals surface area (Å²) in [5, 5.41) is 7.77. The van der Waals surface area contributed by atoms with Gasteiger partial charge in [-0.2, -0.15) is 0 Å². The highest BCUT2D eigenvalue weighted by atomic mass is 31.0. The molecule has 4 aromatic rings. The van der Waals surface area contributed by atoms with E-state index in [1.54, 1.807) is 30.4 Å². The number of aromatic nitrogens is 2. The summed E-state index contributed by atoms with van der Waals surface area (Å²) in [5.41, 5.74) is 3.87. The molecule has 4 rings (SSSR count). The van der Waals surface area contributed by atoms with Crippen molar-refractivity contribution in [2.24, 2.45) is 0 Å². The molecular weight excluding hydrogens is 445 g/mol. The lowest BCUT2D eigenvalue weighted by molar-refractivity contribution is 0.0951. The predicted molar refractivity (Wildman–Crippen MR) is 138 cm³/mol. The Labute approximate surface area is 200 Å². The Morgan fingerprint density at radius 2 is 1.71 bits per heavy atom. The van der Waals surface area contributed by atoms with E-state index in [0.717, 1.165) is 27.5 Å². The van der Waals surface area contributed by atoms with Gasteiger partial charge < -0.3 is 15.5 Å². The molecule has 0 aliphatic heterocycles. The molecule has 3 amide bonds. The van der Waals surface area contributed by atoms with E-state index in [4.69, 9.17) is 4.98 Å². The average molecular weight is 472 g/mol. The smallest absolute Gasteiger partial charge is 0.317 e. The SMILES string of the molecule is CN(CCNC(=O)c1cccc2ccc(-c3ccncc3)nc12)C(=O)NCc1ccc(P)cc1. The van der Waals surface area contributed by atoms with Crippen LogP contribution >= 0.6 is 9.24 Å². The van der Waals surface area contributed by atoms with Crippen LogP contribution in [0.5, 0.6) is 0 Å². The van der Waals surface area contributed by atoms with Gasteiger partial charge in [0, 0.05) is 50.0 Å².